The number of fused-ring (bicyclic) bond motifs is 1. The van der Waals surface area contributed by atoms with Crippen molar-refractivity contribution in [3.63, 3.8) is 0 Å². The Bertz CT molecular complexity index is 662. The summed E-state index contributed by atoms with van der Waals surface area (Å²) in [6.45, 7) is 0. The van der Waals surface area contributed by atoms with E-state index in [2.05, 4.69) is 0 Å². The summed E-state index contributed by atoms with van der Waals surface area (Å²) in [5.41, 5.74) is 7.59. The predicted octanol–water partition coefficient (Wildman–Crippen LogP) is 3.71. The lowest BCUT2D eigenvalue weighted by molar-refractivity contribution is 0.161. The Labute approximate surface area is 120 Å². The van der Waals surface area contributed by atoms with Crippen molar-refractivity contribution in [2.45, 2.75) is 18.6 Å². The van der Waals surface area contributed by atoms with Gasteiger partial charge in [-0.15, -0.1) is 0 Å². The van der Waals surface area contributed by atoms with Crippen LogP contribution >= 0.6 is 11.6 Å². The van der Waals surface area contributed by atoms with Crippen molar-refractivity contribution in [2.75, 3.05) is 0 Å². The van der Waals surface area contributed by atoms with Crippen LogP contribution in [0.1, 0.15) is 29.7 Å². The summed E-state index contributed by atoms with van der Waals surface area (Å²) in [5.74, 6) is 0.284. The number of benzene rings is 2. The number of nitrogens with two attached hydrogens (primary N) is 1. The van der Waals surface area contributed by atoms with Gasteiger partial charge in [-0.25, -0.2) is 4.39 Å². The van der Waals surface area contributed by atoms with Crippen LogP contribution in [0.5, 0.6) is 11.5 Å². The average Bonchev–Trinajstić information content (AvgIpc) is 2.42. The highest BCUT2D eigenvalue weighted by Crippen LogP contribution is 2.41. The van der Waals surface area contributed by atoms with E-state index in [1.54, 1.807) is 18.2 Å². The number of phenols is 1. The van der Waals surface area contributed by atoms with E-state index in [-0.39, 0.29) is 28.7 Å². The molecule has 0 aromatic heterocycles. The molecule has 104 valence electrons. The van der Waals surface area contributed by atoms with E-state index in [0.717, 1.165) is 5.56 Å². The lowest BCUT2D eigenvalue weighted by atomic mass is 9.93. The third-order valence-electron chi connectivity index (χ3n) is 3.45. The maximum Gasteiger partial charge on any atom is 0.134 e. The molecule has 0 amide bonds. The van der Waals surface area contributed by atoms with Gasteiger partial charge in [0.1, 0.15) is 23.4 Å². The molecular weight excluding hydrogens is 281 g/mol. The van der Waals surface area contributed by atoms with E-state index in [0.29, 0.717) is 17.7 Å². The highest BCUT2D eigenvalue weighted by Gasteiger charge is 2.27. The van der Waals surface area contributed by atoms with E-state index >= 15 is 0 Å². The molecule has 2 atom stereocenters. The van der Waals surface area contributed by atoms with Crippen molar-refractivity contribution in [1.29, 1.82) is 0 Å². The molecule has 0 bridgehead atoms. The molecule has 1 aliphatic rings. The molecule has 1 aliphatic heterocycles. The summed E-state index contributed by atoms with van der Waals surface area (Å²) in [6, 6.07) is 8.95. The molecule has 0 fully saturated rings. The molecule has 0 aliphatic carbocycles. The van der Waals surface area contributed by atoms with Crippen LogP contribution in [-0.2, 0) is 0 Å². The molecule has 3 rings (SSSR count). The van der Waals surface area contributed by atoms with Crippen molar-refractivity contribution in [3.05, 3.63) is 58.4 Å². The van der Waals surface area contributed by atoms with Crippen molar-refractivity contribution in [3.8, 4) is 11.5 Å². The molecule has 0 saturated carbocycles. The highest BCUT2D eigenvalue weighted by molar-refractivity contribution is 6.32. The van der Waals surface area contributed by atoms with Crippen LogP contribution in [0.2, 0.25) is 5.02 Å². The van der Waals surface area contributed by atoms with Gasteiger partial charge in [0.05, 0.1) is 5.02 Å². The lowest BCUT2D eigenvalue weighted by Gasteiger charge is -2.30. The third-order valence-corrected chi connectivity index (χ3v) is 3.75. The Morgan fingerprint density at radius 2 is 2.05 bits per heavy atom. The fourth-order valence-electron chi connectivity index (χ4n) is 2.40. The molecule has 2 aromatic carbocycles. The smallest absolute Gasteiger partial charge is 0.134 e. The molecule has 20 heavy (non-hydrogen) atoms. The maximum absolute atomic E-state index is 13.2. The quantitative estimate of drug-likeness (QED) is 0.843. The summed E-state index contributed by atoms with van der Waals surface area (Å²) < 4.78 is 19.1. The summed E-state index contributed by atoms with van der Waals surface area (Å²) in [6.07, 6.45) is 0.262. The fraction of sp³-hybridized carbons (Fsp3) is 0.200. The Hall–Kier alpha value is -1.78. The van der Waals surface area contributed by atoms with E-state index in [1.807, 2.05) is 0 Å². The normalized spacial score (nSPS) is 21.1. The SMILES string of the molecule is NC1CC(c2ccc(O)c(Cl)c2)Oc2ccc(F)cc21. The summed E-state index contributed by atoms with van der Waals surface area (Å²) >= 11 is 5.90. The second-order valence-electron chi connectivity index (χ2n) is 4.84. The number of hydrogen-bond donors (Lipinski definition) is 2. The Morgan fingerprint density at radius 1 is 1.25 bits per heavy atom. The number of halogens is 2. The van der Waals surface area contributed by atoms with Gasteiger partial charge in [0.2, 0.25) is 0 Å². The summed E-state index contributed by atoms with van der Waals surface area (Å²) in [4.78, 5) is 0. The van der Waals surface area contributed by atoms with Gasteiger partial charge in [-0.1, -0.05) is 17.7 Å². The Morgan fingerprint density at radius 3 is 2.80 bits per heavy atom. The van der Waals surface area contributed by atoms with Gasteiger partial charge in [0.25, 0.3) is 0 Å². The topological polar surface area (TPSA) is 55.5 Å². The molecule has 2 aromatic rings. The van der Waals surface area contributed by atoms with Gasteiger partial charge >= 0.3 is 0 Å². The minimum absolute atomic E-state index is 0.0259. The second kappa shape index (κ2) is 4.96. The molecule has 0 radical (unpaired) electrons. The third kappa shape index (κ3) is 2.32. The van der Waals surface area contributed by atoms with E-state index in [1.165, 1.54) is 18.2 Å². The largest absolute Gasteiger partial charge is 0.506 e. The fourth-order valence-corrected chi connectivity index (χ4v) is 2.59. The zero-order valence-electron chi connectivity index (χ0n) is 10.5. The van der Waals surface area contributed by atoms with Crippen LogP contribution in [0.3, 0.4) is 0 Å². The van der Waals surface area contributed by atoms with E-state index < -0.39 is 0 Å². The van der Waals surface area contributed by atoms with Crippen molar-refractivity contribution in [1.82, 2.24) is 0 Å². The number of phenolic OH excluding ortho intramolecular Hbond substituents is 1. The van der Waals surface area contributed by atoms with Gasteiger partial charge in [-0.05, 0) is 35.9 Å². The first kappa shape index (κ1) is 13.2. The molecular formula is C15H13ClFNO2. The van der Waals surface area contributed by atoms with Gasteiger partial charge in [-0.2, -0.15) is 0 Å². The zero-order valence-corrected chi connectivity index (χ0v) is 11.3. The van der Waals surface area contributed by atoms with Crippen LogP contribution in [0, 0.1) is 5.82 Å². The second-order valence-corrected chi connectivity index (χ2v) is 5.25. The van der Waals surface area contributed by atoms with Crippen LogP contribution in [-0.4, -0.2) is 5.11 Å². The van der Waals surface area contributed by atoms with Gasteiger partial charge in [0, 0.05) is 18.0 Å². The van der Waals surface area contributed by atoms with Crippen LogP contribution in [0.4, 0.5) is 4.39 Å². The first-order valence-electron chi connectivity index (χ1n) is 6.24. The summed E-state index contributed by atoms with van der Waals surface area (Å²) in [5, 5.41) is 9.71. The van der Waals surface area contributed by atoms with Crippen LogP contribution in [0.15, 0.2) is 36.4 Å². The molecule has 0 spiro atoms. The van der Waals surface area contributed by atoms with Gasteiger partial charge in [-0.3, -0.25) is 0 Å². The standard InChI is InChI=1S/C15H13ClFNO2/c16-11-5-8(1-3-13(11)19)15-7-12(18)10-6-9(17)2-4-14(10)20-15/h1-6,12,15,19H,7,18H2. The monoisotopic (exact) mass is 293 g/mol. The molecule has 2 unspecified atom stereocenters. The Kier molecular flexibility index (Phi) is 3.28. The number of aromatic hydroxyl groups is 1. The molecule has 1 heterocycles. The zero-order chi connectivity index (χ0) is 14.3. The van der Waals surface area contributed by atoms with Crippen LogP contribution in [0.25, 0.3) is 0 Å². The van der Waals surface area contributed by atoms with Gasteiger partial charge < -0.3 is 15.6 Å². The first-order valence-corrected chi connectivity index (χ1v) is 6.62. The number of rotatable bonds is 1. The molecule has 5 heteroatoms. The van der Waals surface area contributed by atoms with Gasteiger partial charge in [0.15, 0.2) is 0 Å². The summed E-state index contributed by atoms with van der Waals surface area (Å²) in [7, 11) is 0. The minimum atomic E-state index is -0.325. The lowest BCUT2D eigenvalue weighted by Crippen LogP contribution is -2.24. The van der Waals surface area contributed by atoms with Crippen molar-refractivity contribution in [2.24, 2.45) is 5.73 Å². The molecule has 3 nitrogen and oxygen atoms in total. The maximum atomic E-state index is 13.2. The number of ether oxygens (including phenoxy) is 1. The minimum Gasteiger partial charge on any atom is -0.506 e. The molecule has 3 N–H and O–H groups in total. The first-order chi connectivity index (χ1) is 9.54. The number of hydrogen-bond acceptors (Lipinski definition) is 3. The Balaban J connectivity index is 1.94. The predicted molar refractivity (Wildman–Crippen MR) is 74.4 cm³/mol. The average molecular weight is 294 g/mol. The van der Waals surface area contributed by atoms with E-state index in [4.69, 9.17) is 22.1 Å². The van der Waals surface area contributed by atoms with E-state index in [9.17, 15) is 9.50 Å². The highest BCUT2D eigenvalue weighted by atomic mass is 35.5. The van der Waals surface area contributed by atoms with Crippen molar-refractivity contribution < 1.29 is 14.2 Å². The van der Waals surface area contributed by atoms with Crippen LogP contribution < -0.4 is 10.5 Å². The molecule has 0 saturated heterocycles. The van der Waals surface area contributed by atoms with Crippen molar-refractivity contribution >= 4 is 11.6 Å².